The Morgan fingerprint density at radius 3 is 2.85 bits per heavy atom. The molecular weight excluding hydrogens is 422 g/mol. The third kappa shape index (κ3) is 3.12. The predicted octanol–water partition coefficient (Wildman–Crippen LogP) is 1.92. The normalized spacial score (nSPS) is 48.0. The summed E-state index contributed by atoms with van der Waals surface area (Å²) in [6.07, 6.45) is 7.21. The number of rotatable bonds is 6. The van der Waals surface area contributed by atoms with Gasteiger partial charge in [-0.3, -0.25) is 9.59 Å². The van der Waals surface area contributed by atoms with Gasteiger partial charge in [-0.1, -0.05) is 32.4 Å². The summed E-state index contributed by atoms with van der Waals surface area (Å²) in [6.45, 7) is 7.22. The maximum atomic E-state index is 13.3. The van der Waals surface area contributed by atoms with E-state index in [4.69, 9.17) is 9.47 Å². The average molecular weight is 460 g/mol. The highest BCUT2D eigenvalue weighted by molar-refractivity contribution is 6.01. The maximum Gasteiger partial charge on any atom is 0.193 e. The number of ketones is 2. The first kappa shape index (κ1) is 23.4. The van der Waals surface area contributed by atoms with E-state index in [2.05, 4.69) is 19.2 Å². The van der Waals surface area contributed by atoms with Gasteiger partial charge >= 0.3 is 0 Å². The van der Waals surface area contributed by atoms with Gasteiger partial charge < -0.3 is 25.0 Å². The molecule has 0 bridgehead atoms. The lowest BCUT2D eigenvalue weighted by Gasteiger charge is -2.59. The molecule has 1 unspecified atom stereocenters. The minimum absolute atomic E-state index is 0.0179. The molecule has 0 amide bonds. The molecule has 0 aromatic heterocycles. The molecule has 0 aromatic carbocycles. The van der Waals surface area contributed by atoms with E-state index in [1.807, 2.05) is 13.0 Å². The topological polar surface area (TPSA) is 105 Å². The van der Waals surface area contributed by atoms with Crippen molar-refractivity contribution in [1.82, 2.24) is 5.32 Å². The van der Waals surface area contributed by atoms with Gasteiger partial charge in [-0.25, -0.2) is 0 Å². The molecule has 5 aliphatic rings. The second-order valence-corrected chi connectivity index (χ2v) is 11.1. The van der Waals surface area contributed by atoms with E-state index in [0.29, 0.717) is 19.3 Å². The van der Waals surface area contributed by atoms with Crippen molar-refractivity contribution in [2.45, 2.75) is 77.0 Å². The molecule has 0 radical (unpaired) electrons. The number of fused-ring (bicyclic) bond motifs is 7. The first-order valence-electron chi connectivity index (χ1n) is 12.5. The Morgan fingerprint density at radius 1 is 1.33 bits per heavy atom. The Balaban J connectivity index is 1.49. The van der Waals surface area contributed by atoms with E-state index in [1.54, 1.807) is 12.2 Å². The number of hydrogen-bond donors (Lipinski definition) is 3. The number of ether oxygens (including phenoxy) is 2. The van der Waals surface area contributed by atoms with Crippen LogP contribution < -0.4 is 5.32 Å². The second kappa shape index (κ2) is 8.09. The van der Waals surface area contributed by atoms with Gasteiger partial charge in [-0.05, 0) is 62.8 Å². The molecule has 4 aliphatic carbocycles. The molecular formula is C26H37NO6. The van der Waals surface area contributed by atoms with Crippen molar-refractivity contribution in [2.75, 3.05) is 19.7 Å². The summed E-state index contributed by atoms with van der Waals surface area (Å²) in [5, 5.41) is 24.8. The SMILES string of the molecule is CCNCCC1O[C@@H]2C[C@H]3[C@@H]4CCC5=CC(=O)C=C[C@]5(C)[C@H]4[C@@H](O)C[C@]3(C)[C@]2(C(=O)CO)O1. The van der Waals surface area contributed by atoms with E-state index < -0.39 is 36.1 Å². The molecule has 1 aliphatic heterocycles. The Labute approximate surface area is 195 Å². The van der Waals surface area contributed by atoms with Crippen LogP contribution in [-0.4, -0.2) is 65.6 Å². The van der Waals surface area contributed by atoms with E-state index in [9.17, 15) is 19.8 Å². The Bertz CT molecular complexity index is 899. The van der Waals surface area contributed by atoms with Crippen molar-refractivity contribution in [3.63, 3.8) is 0 Å². The van der Waals surface area contributed by atoms with Gasteiger partial charge in [0.05, 0.1) is 12.2 Å². The van der Waals surface area contributed by atoms with Crippen molar-refractivity contribution in [2.24, 2.45) is 28.6 Å². The third-order valence-corrected chi connectivity index (χ3v) is 9.65. The van der Waals surface area contributed by atoms with Gasteiger partial charge in [0, 0.05) is 23.2 Å². The van der Waals surface area contributed by atoms with Gasteiger partial charge in [-0.15, -0.1) is 0 Å². The van der Waals surface area contributed by atoms with E-state index in [0.717, 1.165) is 31.5 Å². The lowest BCUT2D eigenvalue weighted by Crippen LogP contribution is -2.63. The summed E-state index contributed by atoms with van der Waals surface area (Å²) < 4.78 is 12.8. The van der Waals surface area contributed by atoms with Crippen LogP contribution in [0.1, 0.15) is 52.9 Å². The van der Waals surface area contributed by atoms with Gasteiger partial charge in [0.15, 0.2) is 23.5 Å². The molecule has 4 fully saturated rings. The van der Waals surface area contributed by atoms with E-state index in [1.165, 1.54) is 0 Å². The van der Waals surface area contributed by atoms with Crippen molar-refractivity contribution < 1.29 is 29.3 Å². The number of allylic oxidation sites excluding steroid dienone is 4. The summed E-state index contributed by atoms with van der Waals surface area (Å²) >= 11 is 0. The number of carbonyl (C=O) groups excluding carboxylic acids is 2. The highest BCUT2D eigenvalue weighted by Gasteiger charge is 2.75. The molecule has 33 heavy (non-hydrogen) atoms. The average Bonchev–Trinajstić information content (AvgIpc) is 3.26. The minimum Gasteiger partial charge on any atom is -0.393 e. The number of aliphatic hydroxyl groups is 2. The standard InChI is InChI=1S/C26H37NO6/c1-4-27-10-8-22-32-21-12-18-17-6-5-15-11-16(29)7-9-24(15,2)23(17)19(30)13-25(18,3)26(21,33-22)20(31)14-28/h7,9,11,17-19,21-23,27-28,30H,4-6,8,10,12-14H2,1-3H3/t17-,18-,19-,21+,22?,23+,24-,25-,26+/m0/s1. The summed E-state index contributed by atoms with van der Waals surface area (Å²) in [5.74, 6) is -0.0283. The Kier molecular flexibility index (Phi) is 5.73. The number of aliphatic hydroxyl groups excluding tert-OH is 2. The Morgan fingerprint density at radius 2 is 2.12 bits per heavy atom. The van der Waals surface area contributed by atoms with Gasteiger partial charge in [0.2, 0.25) is 0 Å². The molecule has 7 heteroatoms. The van der Waals surface area contributed by atoms with Gasteiger partial charge in [0.1, 0.15) is 6.61 Å². The zero-order valence-corrected chi connectivity index (χ0v) is 19.9. The first-order chi connectivity index (χ1) is 15.7. The fourth-order valence-corrected chi connectivity index (χ4v) is 8.28. The fraction of sp³-hybridized carbons (Fsp3) is 0.769. The highest BCUT2D eigenvalue weighted by Crippen LogP contribution is 2.69. The minimum atomic E-state index is -1.23. The van der Waals surface area contributed by atoms with Gasteiger partial charge in [-0.2, -0.15) is 0 Å². The summed E-state index contributed by atoms with van der Waals surface area (Å²) in [5.41, 5.74) is -1.12. The maximum absolute atomic E-state index is 13.3. The van der Waals surface area contributed by atoms with Crippen LogP contribution in [0.4, 0.5) is 0 Å². The van der Waals surface area contributed by atoms with E-state index >= 15 is 0 Å². The molecule has 0 aromatic rings. The van der Waals surface area contributed by atoms with Crippen LogP contribution in [0.15, 0.2) is 23.8 Å². The highest BCUT2D eigenvalue weighted by atomic mass is 16.7. The Hall–Kier alpha value is -1.38. The molecule has 5 rings (SSSR count). The molecule has 1 heterocycles. The molecule has 9 atom stereocenters. The number of nitrogens with one attached hydrogen (secondary N) is 1. The fourth-order valence-electron chi connectivity index (χ4n) is 8.28. The molecule has 3 N–H and O–H groups in total. The van der Waals surface area contributed by atoms with Crippen LogP contribution in [0.3, 0.4) is 0 Å². The quantitative estimate of drug-likeness (QED) is 0.521. The largest absolute Gasteiger partial charge is 0.393 e. The van der Waals surface area contributed by atoms with Gasteiger partial charge in [0.25, 0.3) is 0 Å². The van der Waals surface area contributed by atoms with Crippen LogP contribution in [0.2, 0.25) is 0 Å². The summed E-state index contributed by atoms with van der Waals surface area (Å²) in [4.78, 5) is 25.4. The molecule has 1 saturated heterocycles. The van der Waals surface area contributed by atoms with Crippen LogP contribution in [0, 0.1) is 28.6 Å². The number of Topliss-reactive ketones (excluding diaryl/α,β-unsaturated/α-hetero) is 1. The zero-order valence-electron chi connectivity index (χ0n) is 19.9. The van der Waals surface area contributed by atoms with Crippen molar-refractivity contribution in [3.8, 4) is 0 Å². The van der Waals surface area contributed by atoms with Crippen molar-refractivity contribution in [1.29, 1.82) is 0 Å². The van der Waals surface area contributed by atoms with Crippen molar-refractivity contribution >= 4 is 11.6 Å². The number of hydrogen-bond acceptors (Lipinski definition) is 7. The summed E-state index contributed by atoms with van der Waals surface area (Å²) in [7, 11) is 0. The smallest absolute Gasteiger partial charge is 0.193 e. The second-order valence-electron chi connectivity index (χ2n) is 11.1. The molecule has 0 spiro atoms. The first-order valence-corrected chi connectivity index (χ1v) is 12.5. The number of carbonyl (C=O) groups is 2. The lowest BCUT2D eigenvalue weighted by molar-refractivity contribution is -0.200. The van der Waals surface area contributed by atoms with Crippen molar-refractivity contribution in [3.05, 3.63) is 23.8 Å². The van der Waals surface area contributed by atoms with Crippen LogP contribution >= 0.6 is 0 Å². The monoisotopic (exact) mass is 459 g/mol. The van der Waals surface area contributed by atoms with Crippen LogP contribution in [0.5, 0.6) is 0 Å². The molecule has 182 valence electrons. The predicted molar refractivity (Wildman–Crippen MR) is 121 cm³/mol. The van der Waals surface area contributed by atoms with E-state index in [-0.39, 0.29) is 34.7 Å². The summed E-state index contributed by atoms with van der Waals surface area (Å²) in [6, 6.07) is 0. The molecule has 7 nitrogen and oxygen atoms in total. The molecule has 3 saturated carbocycles. The zero-order chi connectivity index (χ0) is 23.6. The van der Waals surface area contributed by atoms with Crippen LogP contribution in [-0.2, 0) is 19.1 Å². The van der Waals surface area contributed by atoms with Crippen LogP contribution in [0.25, 0.3) is 0 Å². The lowest BCUT2D eigenvalue weighted by atomic mass is 9.46. The third-order valence-electron chi connectivity index (χ3n) is 9.65.